The van der Waals surface area contributed by atoms with Crippen LogP contribution in [0.4, 0.5) is 11.5 Å². The highest BCUT2D eigenvalue weighted by molar-refractivity contribution is 8.09. The minimum atomic E-state index is -4.16. The molecule has 1 heterocycles. The van der Waals surface area contributed by atoms with Gasteiger partial charge in [-0.25, -0.2) is 18.4 Å². The molecule has 0 aliphatic rings. The first kappa shape index (κ1) is 27.1. The maximum atomic E-state index is 12.8. The van der Waals surface area contributed by atoms with Crippen LogP contribution >= 0.6 is 0 Å². The van der Waals surface area contributed by atoms with Gasteiger partial charge >= 0.3 is 0 Å². The molecule has 0 radical (unpaired) electrons. The number of benzene rings is 2. The summed E-state index contributed by atoms with van der Waals surface area (Å²) >= 11 is 0. The van der Waals surface area contributed by atoms with E-state index in [1.165, 1.54) is 25.1 Å². The van der Waals surface area contributed by atoms with Crippen molar-refractivity contribution < 1.29 is 27.0 Å². The highest BCUT2D eigenvalue weighted by atomic mass is 32.3. The van der Waals surface area contributed by atoms with Crippen LogP contribution < -0.4 is 18.9 Å². The topological polar surface area (TPSA) is 163 Å². The number of nitrogens with zero attached hydrogens (tertiary/aromatic N) is 3. The Morgan fingerprint density at radius 2 is 1.81 bits per heavy atom. The summed E-state index contributed by atoms with van der Waals surface area (Å²) in [6.45, 7) is 4.09. The van der Waals surface area contributed by atoms with Gasteiger partial charge in [-0.1, -0.05) is 0 Å². The number of fused-ring (bicyclic) bond motifs is 1. The predicted molar refractivity (Wildman–Crippen MR) is 139 cm³/mol. The van der Waals surface area contributed by atoms with Crippen molar-refractivity contribution in [3.8, 4) is 11.5 Å². The van der Waals surface area contributed by atoms with Crippen LogP contribution in [0.3, 0.4) is 0 Å². The fraction of sp³-hybridized carbons (Fsp3) is 0.318. The summed E-state index contributed by atoms with van der Waals surface area (Å²) in [5.74, 6) is 1.54. The first-order chi connectivity index (χ1) is 16.9. The van der Waals surface area contributed by atoms with Crippen molar-refractivity contribution in [3.63, 3.8) is 0 Å². The maximum Gasteiger partial charge on any atom is 0.269 e. The Morgan fingerprint density at radius 1 is 1.11 bits per heavy atom. The van der Waals surface area contributed by atoms with Gasteiger partial charge in [0.05, 0.1) is 29.1 Å². The van der Waals surface area contributed by atoms with Gasteiger partial charge in [-0.3, -0.25) is 14.3 Å². The number of hydrogen-bond acceptors (Lipinski definition) is 10. The van der Waals surface area contributed by atoms with Gasteiger partial charge in [-0.05, 0) is 37.4 Å². The van der Waals surface area contributed by atoms with Gasteiger partial charge in [0.25, 0.3) is 15.7 Å². The number of sulfonamides is 1. The average molecular weight is 538 g/mol. The highest BCUT2D eigenvalue weighted by Crippen LogP contribution is 2.34. The first-order valence-corrected chi connectivity index (χ1v) is 14.3. The van der Waals surface area contributed by atoms with Crippen molar-refractivity contribution in [1.29, 1.82) is 0 Å². The van der Waals surface area contributed by atoms with Crippen molar-refractivity contribution in [2.45, 2.75) is 31.2 Å². The van der Waals surface area contributed by atoms with Crippen LogP contribution in [0, 0.1) is 10.1 Å². The predicted octanol–water partition coefficient (Wildman–Crippen LogP) is 2.75. The van der Waals surface area contributed by atoms with Crippen LogP contribution in [-0.2, 0) is 19.7 Å². The molecule has 3 rings (SSSR count). The van der Waals surface area contributed by atoms with Crippen LogP contribution in [0.15, 0.2) is 47.6 Å². The van der Waals surface area contributed by atoms with Crippen molar-refractivity contribution in [2.75, 3.05) is 25.3 Å². The van der Waals surface area contributed by atoms with Gasteiger partial charge in [0.1, 0.15) is 12.1 Å². The summed E-state index contributed by atoms with van der Waals surface area (Å²) in [5.41, 5.74) is 0.390. The zero-order valence-electron chi connectivity index (χ0n) is 20.1. The number of nitro groups is 1. The standard InChI is InChI=1S/C22H27N5O7S2/c1-15(2)25-22-18-12-20(33-3)21(13-19(18)23-14-24-22)34-10-5-11-35(4,30)26-36(31,32)17-8-6-16(7-9-17)27(28)29/h6-9,11-15H,5,10H2,1-4H3,(H,26,30)(H,23,24,25). The van der Waals surface area contributed by atoms with E-state index in [0.29, 0.717) is 22.8 Å². The molecule has 0 saturated carbocycles. The SMILES string of the molecule is COc1cc2c(NC(C)C)ncnc2cc1OCCC=S(C)(=O)NS(=O)(=O)c1ccc([N+](=O)[O-])cc1. The van der Waals surface area contributed by atoms with Crippen LogP contribution in [0.25, 0.3) is 10.9 Å². The van der Waals surface area contributed by atoms with Crippen molar-refractivity contribution in [2.24, 2.45) is 0 Å². The molecule has 0 aliphatic carbocycles. The summed E-state index contributed by atoms with van der Waals surface area (Å²) in [6.07, 6.45) is 2.84. The van der Waals surface area contributed by atoms with E-state index in [1.54, 1.807) is 12.1 Å². The minimum Gasteiger partial charge on any atom is -0.493 e. The van der Waals surface area contributed by atoms with E-state index in [4.69, 9.17) is 9.47 Å². The van der Waals surface area contributed by atoms with Crippen LogP contribution in [0.2, 0.25) is 0 Å². The number of rotatable bonds is 11. The molecule has 14 heteroatoms. The summed E-state index contributed by atoms with van der Waals surface area (Å²) in [7, 11) is -5.78. The monoisotopic (exact) mass is 537 g/mol. The Balaban J connectivity index is 1.71. The van der Waals surface area contributed by atoms with E-state index in [-0.39, 0.29) is 29.7 Å². The number of nitro benzene ring substituents is 1. The molecular weight excluding hydrogens is 510 g/mol. The molecule has 0 amide bonds. The molecule has 0 bridgehead atoms. The first-order valence-electron chi connectivity index (χ1n) is 10.7. The Labute approximate surface area is 209 Å². The number of hydrogen-bond donors (Lipinski definition) is 2. The molecule has 1 unspecified atom stereocenters. The number of ether oxygens (including phenoxy) is 2. The lowest BCUT2D eigenvalue weighted by Crippen LogP contribution is -2.31. The molecule has 0 spiro atoms. The van der Waals surface area contributed by atoms with Crippen LogP contribution in [-0.4, -0.2) is 58.9 Å². The molecule has 194 valence electrons. The molecule has 1 aromatic heterocycles. The Kier molecular flexibility index (Phi) is 8.32. The summed E-state index contributed by atoms with van der Waals surface area (Å²) < 4.78 is 51.3. The number of methoxy groups -OCH3 is 1. The molecular formula is C22H27N5O7S2. The lowest BCUT2D eigenvalue weighted by atomic mass is 10.2. The van der Waals surface area contributed by atoms with E-state index in [0.717, 1.165) is 29.7 Å². The molecule has 2 aromatic carbocycles. The summed E-state index contributed by atoms with van der Waals surface area (Å²) in [6, 6.07) is 7.93. The van der Waals surface area contributed by atoms with Crippen LogP contribution in [0.1, 0.15) is 20.3 Å². The van der Waals surface area contributed by atoms with Crippen molar-refractivity contribution in [3.05, 3.63) is 52.8 Å². The number of aromatic nitrogens is 2. The van der Waals surface area contributed by atoms with Crippen molar-refractivity contribution in [1.82, 2.24) is 14.1 Å². The quantitative estimate of drug-likeness (QED) is 0.161. The Morgan fingerprint density at radius 3 is 2.42 bits per heavy atom. The van der Waals surface area contributed by atoms with E-state index in [2.05, 4.69) is 19.4 Å². The summed E-state index contributed by atoms with van der Waals surface area (Å²) in [5, 5.41) is 16.1. The third-order valence-corrected chi connectivity index (χ3v) is 8.76. The molecule has 3 aromatic rings. The third-order valence-electron chi connectivity index (χ3n) is 4.79. The molecule has 0 aliphatic heterocycles. The smallest absolute Gasteiger partial charge is 0.269 e. The van der Waals surface area contributed by atoms with Crippen molar-refractivity contribution >= 4 is 47.5 Å². The average Bonchev–Trinajstić information content (AvgIpc) is 2.80. The number of non-ortho nitro benzene ring substituents is 1. The van der Waals surface area contributed by atoms with Gasteiger partial charge in [0.2, 0.25) is 0 Å². The van der Waals surface area contributed by atoms with E-state index in [1.807, 2.05) is 13.8 Å². The second-order valence-corrected chi connectivity index (χ2v) is 12.4. The molecule has 2 N–H and O–H groups in total. The number of nitrogens with one attached hydrogen (secondary N) is 2. The van der Waals surface area contributed by atoms with Crippen LogP contribution in [0.5, 0.6) is 11.5 Å². The molecule has 0 fully saturated rings. The Bertz CT molecular complexity index is 1480. The van der Waals surface area contributed by atoms with E-state index < -0.39 is 24.7 Å². The van der Waals surface area contributed by atoms with E-state index >= 15 is 0 Å². The van der Waals surface area contributed by atoms with E-state index in [9.17, 15) is 22.7 Å². The fourth-order valence-electron chi connectivity index (χ4n) is 3.21. The van der Waals surface area contributed by atoms with Gasteiger partial charge in [-0.2, -0.15) is 0 Å². The maximum absolute atomic E-state index is 12.8. The molecule has 12 nitrogen and oxygen atoms in total. The largest absolute Gasteiger partial charge is 0.493 e. The summed E-state index contributed by atoms with van der Waals surface area (Å²) in [4.78, 5) is 18.4. The van der Waals surface area contributed by atoms with Gasteiger partial charge < -0.3 is 14.8 Å². The fourth-order valence-corrected chi connectivity index (χ4v) is 6.65. The van der Waals surface area contributed by atoms with Gasteiger partial charge in [-0.15, -0.1) is 4.13 Å². The lowest BCUT2D eigenvalue weighted by Gasteiger charge is -2.15. The Hall–Kier alpha value is -3.49. The zero-order chi connectivity index (χ0) is 26.5. The van der Waals surface area contributed by atoms with Gasteiger partial charge in [0.15, 0.2) is 11.5 Å². The zero-order valence-corrected chi connectivity index (χ0v) is 21.8. The molecule has 36 heavy (non-hydrogen) atoms. The highest BCUT2D eigenvalue weighted by Gasteiger charge is 2.19. The number of anilines is 1. The normalized spacial score (nSPS) is 13.2. The molecule has 0 saturated heterocycles. The minimum absolute atomic E-state index is 0.0914. The molecule has 1 atom stereocenters. The second-order valence-electron chi connectivity index (χ2n) is 8.09. The third kappa shape index (κ3) is 6.80. The van der Waals surface area contributed by atoms with Gasteiger partial charge in [0, 0.05) is 52.0 Å². The lowest BCUT2D eigenvalue weighted by molar-refractivity contribution is -0.384. The second kappa shape index (κ2) is 11.1.